The number of rotatable bonds is 13. The molecule has 0 radical (unpaired) electrons. The van der Waals surface area contributed by atoms with Crippen LogP contribution in [0.1, 0.15) is 75.1 Å². The van der Waals surface area contributed by atoms with Crippen molar-refractivity contribution < 1.29 is 4.39 Å². The van der Waals surface area contributed by atoms with Crippen molar-refractivity contribution >= 4 is 0 Å². The summed E-state index contributed by atoms with van der Waals surface area (Å²) in [7, 11) is 2.23. The van der Waals surface area contributed by atoms with E-state index in [0.717, 1.165) is 44.3 Å². The van der Waals surface area contributed by atoms with Crippen LogP contribution in [0.25, 0.3) is 0 Å². The van der Waals surface area contributed by atoms with Crippen LogP contribution in [0.5, 0.6) is 0 Å². The first-order chi connectivity index (χ1) is 16.8. The topological polar surface area (TPSA) is 3.24 Å². The van der Waals surface area contributed by atoms with E-state index in [1.165, 1.54) is 34.8 Å². The van der Waals surface area contributed by atoms with Crippen LogP contribution >= 0.6 is 0 Å². The van der Waals surface area contributed by atoms with Gasteiger partial charge in [0.25, 0.3) is 0 Å². The molecule has 1 fully saturated rings. The van der Waals surface area contributed by atoms with Gasteiger partial charge in [0.2, 0.25) is 0 Å². The van der Waals surface area contributed by atoms with Crippen LogP contribution in [0.2, 0.25) is 0 Å². The highest BCUT2D eigenvalue weighted by Gasteiger charge is 2.38. The van der Waals surface area contributed by atoms with Crippen LogP contribution in [-0.4, -0.2) is 25.0 Å². The summed E-state index contributed by atoms with van der Waals surface area (Å²) in [4.78, 5) is 2.44. The molecule has 1 aliphatic carbocycles. The van der Waals surface area contributed by atoms with Crippen LogP contribution in [0, 0.1) is 30.5 Å². The molecule has 0 aromatic heterocycles. The molecule has 35 heavy (non-hydrogen) atoms. The lowest BCUT2D eigenvalue weighted by Crippen LogP contribution is -2.29. The number of hydrogen-bond donors (Lipinski definition) is 0. The molecule has 0 N–H and O–H groups in total. The molecule has 0 heterocycles. The first-order valence-electron chi connectivity index (χ1n) is 13.7. The number of halogens is 1. The van der Waals surface area contributed by atoms with Gasteiger partial charge in [-0.2, -0.15) is 0 Å². The monoisotopic (exact) mass is 475 g/mol. The molecule has 0 spiro atoms. The number of hydrogen-bond acceptors (Lipinski definition) is 1. The van der Waals surface area contributed by atoms with Gasteiger partial charge in [-0.3, -0.25) is 0 Å². The average Bonchev–Trinajstić information content (AvgIpc) is 3.60. The van der Waals surface area contributed by atoms with E-state index < -0.39 is 0 Å². The Labute approximate surface area is 214 Å². The normalized spacial score (nSPS) is 19.9. The summed E-state index contributed by atoms with van der Waals surface area (Å²) in [6.45, 7) is 17.7. The quantitative estimate of drug-likeness (QED) is 0.262. The highest BCUT2D eigenvalue weighted by atomic mass is 19.1. The maximum Gasteiger partial charge on any atom is 0.123 e. The zero-order valence-electron chi connectivity index (χ0n) is 22.9. The smallest absolute Gasteiger partial charge is 0.123 e. The zero-order valence-corrected chi connectivity index (χ0v) is 22.9. The number of benzene rings is 2. The van der Waals surface area contributed by atoms with Crippen molar-refractivity contribution in [2.75, 3.05) is 20.1 Å². The predicted octanol–water partition coefficient (Wildman–Crippen LogP) is 8.53. The second kappa shape index (κ2) is 12.7. The Morgan fingerprint density at radius 3 is 2.43 bits per heavy atom. The summed E-state index contributed by atoms with van der Waals surface area (Å²) < 4.78 is 13.6. The first-order valence-corrected chi connectivity index (χ1v) is 13.7. The van der Waals surface area contributed by atoms with Gasteiger partial charge in [-0.25, -0.2) is 4.39 Å². The summed E-state index contributed by atoms with van der Waals surface area (Å²) in [6, 6.07) is 14.3. The SMILES string of the molecule is C=C/C(C)=C(/C(CC)CN(C)CC)[C@@H](CC)Cc1ccc(C2CC2Cc2cccc(F)c2)c(C)c1. The molecule has 0 aliphatic heterocycles. The van der Waals surface area contributed by atoms with Gasteiger partial charge >= 0.3 is 0 Å². The fraction of sp³-hybridized carbons (Fsp3) is 0.515. The highest BCUT2D eigenvalue weighted by molar-refractivity contribution is 5.38. The van der Waals surface area contributed by atoms with Gasteiger partial charge in [0.15, 0.2) is 0 Å². The van der Waals surface area contributed by atoms with Crippen molar-refractivity contribution in [2.45, 2.75) is 72.6 Å². The van der Waals surface area contributed by atoms with Crippen molar-refractivity contribution in [3.63, 3.8) is 0 Å². The van der Waals surface area contributed by atoms with E-state index in [1.807, 2.05) is 6.07 Å². The molecule has 3 rings (SSSR count). The summed E-state index contributed by atoms with van der Waals surface area (Å²) in [5, 5.41) is 0. The lowest BCUT2D eigenvalue weighted by molar-refractivity contribution is 0.290. The van der Waals surface area contributed by atoms with Crippen molar-refractivity contribution in [1.29, 1.82) is 0 Å². The summed E-state index contributed by atoms with van der Waals surface area (Å²) in [6.07, 6.45) is 7.64. The molecule has 1 nitrogen and oxygen atoms in total. The standard InChI is InChI=1S/C33H46FN/c1-8-23(5)33(28(10-3)22-35(7)11-4)27(9-2)18-26-15-16-31(24(6)17-26)32-21-29(32)19-25-13-12-14-30(34)20-25/h8,12-17,20,27-29,32H,1,9-11,18-19,21-22H2,2-7H3/b33-23+/t27-,28?,29?,32?/m0/s1. The fourth-order valence-electron chi connectivity index (χ4n) is 5.91. The Morgan fingerprint density at radius 2 is 1.83 bits per heavy atom. The summed E-state index contributed by atoms with van der Waals surface area (Å²) in [5.74, 6) is 2.23. The first kappa shape index (κ1) is 27.4. The second-order valence-corrected chi connectivity index (χ2v) is 10.7. The molecular weight excluding hydrogens is 429 g/mol. The van der Waals surface area contributed by atoms with Crippen LogP contribution in [0.3, 0.4) is 0 Å². The minimum atomic E-state index is -0.127. The largest absolute Gasteiger partial charge is 0.306 e. The molecule has 4 atom stereocenters. The molecular formula is C33H46FN. The molecule has 0 bridgehead atoms. The van der Waals surface area contributed by atoms with Gasteiger partial charge in [-0.1, -0.05) is 74.9 Å². The third-order valence-corrected chi connectivity index (χ3v) is 8.22. The fourth-order valence-corrected chi connectivity index (χ4v) is 5.91. The minimum absolute atomic E-state index is 0.127. The maximum absolute atomic E-state index is 13.6. The Balaban J connectivity index is 1.73. The molecule has 0 amide bonds. The molecule has 3 unspecified atom stereocenters. The van der Waals surface area contributed by atoms with Crippen molar-refractivity contribution in [3.05, 3.63) is 94.3 Å². The Bertz CT molecular complexity index is 1020. The van der Waals surface area contributed by atoms with Gasteiger partial charge in [0, 0.05) is 6.54 Å². The van der Waals surface area contributed by atoms with Crippen LogP contribution in [0.15, 0.2) is 66.3 Å². The predicted molar refractivity (Wildman–Crippen MR) is 149 cm³/mol. The maximum atomic E-state index is 13.6. The lowest BCUT2D eigenvalue weighted by atomic mass is 9.78. The Hall–Kier alpha value is -2.19. The molecule has 2 aromatic carbocycles. The third kappa shape index (κ3) is 7.17. The van der Waals surface area contributed by atoms with E-state index in [9.17, 15) is 4.39 Å². The number of allylic oxidation sites excluding steroid dienone is 2. The molecule has 2 aromatic rings. The van der Waals surface area contributed by atoms with Gasteiger partial charge in [-0.05, 0) is 118 Å². The zero-order chi connectivity index (χ0) is 25.5. The highest BCUT2D eigenvalue weighted by Crippen LogP contribution is 2.50. The van der Waals surface area contributed by atoms with E-state index in [-0.39, 0.29) is 5.82 Å². The van der Waals surface area contributed by atoms with Gasteiger partial charge in [-0.15, -0.1) is 0 Å². The van der Waals surface area contributed by atoms with Crippen molar-refractivity contribution in [2.24, 2.45) is 17.8 Å². The molecule has 190 valence electrons. The van der Waals surface area contributed by atoms with E-state index >= 15 is 0 Å². The van der Waals surface area contributed by atoms with Crippen LogP contribution in [-0.2, 0) is 12.8 Å². The minimum Gasteiger partial charge on any atom is -0.306 e. The van der Waals surface area contributed by atoms with Gasteiger partial charge in [0.1, 0.15) is 5.82 Å². The number of nitrogens with zero attached hydrogens (tertiary/aromatic N) is 1. The van der Waals surface area contributed by atoms with Crippen molar-refractivity contribution in [3.8, 4) is 0 Å². The molecule has 2 heteroatoms. The van der Waals surface area contributed by atoms with Crippen LogP contribution < -0.4 is 0 Å². The summed E-state index contributed by atoms with van der Waals surface area (Å²) in [5.41, 5.74) is 8.41. The molecule has 1 aliphatic rings. The molecule has 0 saturated heterocycles. The summed E-state index contributed by atoms with van der Waals surface area (Å²) >= 11 is 0. The van der Waals surface area contributed by atoms with E-state index in [4.69, 9.17) is 0 Å². The van der Waals surface area contributed by atoms with Crippen LogP contribution in [0.4, 0.5) is 4.39 Å². The van der Waals surface area contributed by atoms with Gasteiger partial charge < -0.3 is 4.90 Å². The Morgan fingerprint density at radius 1 is 1.09 bits per heavy atom. The third-order valence-electron chi connectivity index (χ3n) is 8.22. The lowest BCUT2D eigenvalue weighted by Gasteiger charge is -2.31. The van der Waals surface area contributed by atoms with Gasteiger partial charge in [0.05, 0.1) is 0 Å². The Kier molecular flexibility index (Phi) is 9.92. The molecule has 1 saturated carbocycles. The average molecular weight is 476 g/mol. The van der Waals surface area contributed by atoms with E-state index in [2.05, 4.69) is 83.5 Å². The van der Waals surface area contributed by atoms with E-state index in [1.54, 1.807) is 11.6 Å². The van der Waals surface area contributed by atoms with E-state index in [0.29, 0.717) is 23.7 Å². The van der Waals surface area contributed by atoms with Crippen molar-refractivity contribution in [1.82, 2.24) is 4.90 Å². The number of aryl methyl sites for hydroxylation is 1. The second-order valence-electron chi connectivity index (χ2n) is 10.7.